The van der Waals surface area contributed by atoms with Gasteiger partial charge in [0.05, 0.1) is 11.1 Å². The number of hydrogen-bond acceptors (Lipinski definition) is 4. The van der Waals surface area contributed by atoms with Crippen LogP contribution in [0.25, 0.3) is 0 Å². The molecule has 1 aromatic heterocycles. The largest absolute Gasteiger partial charge is 0.416 e. The zero-order valence-corrected chi connectivity index (χ0v) is 10.6. The lowest BCUT2D eigenvalue weighted by Crippen LogP contribution is -2.18. The van der Waals surface area contributed by atoms with Crippen molar-refractivity contribution in [1.82, 2.24) is 4.98 Å². The maximum atomic E-state index is 12.6. The first-order valence-electron chi connectivity index (χ1n) is 5.82. The number of aromatic nitrogens is 1. The second-order valence-corrected chi connectivity index (χ2v) is 4.08. The first-order chi connectivity index (χ1) is 9.91. The fraction of sp³-hybridized carbons (Fsp3) is 0.0769. The van der Waals surface area contributed by atoms with Crippen LogP contribution in [0.3, 0.4) is 0 Å². The Balaban J connectivity index is 2.24. The van der Waals surface area contributed by atoms with Crippen molar-refractivity contribution in [3.8, 4) is 0 Å². The van der Waals surface area contributed by atoms with E-state index in [1.807, 2.05) is 0 Å². The van der Waals surface area contributed by atoms with Crippen molar-refractivity contribution in [3.63, 3.8) is 0 Å². The van der Waals surface area contributed by atoms with Crippen molar-refractivity contribution in [3.05, 3.63) is 53.7 Å². The van der Waals surface area contributed by atoms with Gasteiger partial charge in [-0.2, -0.15) is 13.2 Å². The van der Waals surface area contributed by atoms with Crippen LogP contribution in [-0.2, 0) is 6.18 Å². The van der Waals surface area contributed by atoms with E-state index in [1.165, 1.54) is 30.5 Å². The van der Waals surface area contributed by atoms with Crippen LogP contribution < -0.4 is 16.6 Å². The van der Waals surface area contributed by atoms with E-state index in [-0.39, 0.29) is 17.1 Å². The number of carbonyl (C=O) groups is 1. The molecule has 2 rings (SSSR count). The number of rotatable bonds is 3. The summed E-state index contributed by atoms with van der Waals surface area (Å²) in [5, 5.41) is 2.37. The van der Waals surface area contributed by atoms with E-state index in [2.05, 4.69) is 15.7 Å². The Kier molecular flexibility index (Phi) is 4.08. The highest BCUT2D eigenvalue weighted by Crippen LogP contribution is 2.30. The molecule has 0 radical (unpaired) electrons. The van der Waals surface area contributed by atoms with Gasteiger partial charge >= 0.3 is 6.18 Å². The third kappa shape index (κ3) is 3.48. The molecule has 1 amide bonds. The van der Waals surface area contributed by atoms with Crippen molar-refractivity contribution in [2.45, 2.75) is 6.18 Å². The van der Waals surface area contributed by atoms with Crippen LogP contribution in [0.15, 0.2) is 42.6 Å². The van der Waals surface area contributed by atoms with Gasteiger partial charge in [-0.05, 0) is 30.3 Å². The Hall–Kier alpha value is -2.61. The molecule has 0 aliphatic rings. The number of nitrogen functional groups attached to an aromatic ring is 1. The maximum Gasteiger partial charge on any atom is 0.416 e. The average Bonchev–Trinajstić information content (AvgIpc) is 2.46. The number of anilines is 2. The Morgan fingerprint density at radius 3 is 2.62 bits per heavy atom. The molecule has 0 saturated carbocycles. The van der Waals surface area contributed by atoms with Gasteiger partial charge in [0.15, 0.2) is 5.82 Å². The minimum Gasteiger partial charge on any atom is -0.322 e. The molecule has 0 spiro atoms. The van der Waals surface area contributed by atoms with Gasteiger partial charge in [0.1, 0.15) is 0 Å². The standard InChI is InChI=1S/C13H11F3N4O/c14-13(15,16)8-3-1-4-9(7-8)19-12(21)10-5-2-6-18-11(10)20-17/h1-7H,17H2,(H,18,20)(H,19,21). The summed E-state index contributed by atoms with van der Waals surface area (Å²) in [4.78, 5) is 15.9. The normalized spacial score (nSPS) is 11.0. The number of alkyl halides is 3. The van der Waals surface area contributed by atoms with Crippen molar-refractivity contribution < 1.29 is 18.0 Å². The number of nitrogens with one attached hydrogen (secondary N) is 2. The number of nitrogens with two attached hydrogens (primary N) is 1. The molecule has 0 aliphatic carbocycles. The van der Waals surface area contributed by atoms with E-state index in [1.54, 1.807) is 0 Å². The number of halogens is 3. The number of hydrazine groups is 1. The van der Waals surface area contributed by atoms with Gasteiger partial charge in [-0.25, -0.2) is 10.8 Å². The Morgan fingerprint density at radius 2 is 1.95 bits per heavy atom. The predicted octanol–water partition coefficient (Wildman–Crippen LogP) is 2.64. The third-order valence-corrected chi connectivity index (χ3v) is 2.64. The second-order valence-electron chi connectivity index (χ2n) is 4.08. The van der Waals surface area contributed by atoms with E-state index in [4.69, 9.17) is 5.84 Å². The fourth-order valence-corrected chi connectivity index (χ4v) is 1.68. The third-order valence-electron chi connectivity index (χ3n) is 2.64. The van der Waals surface area contributed by atoms with Crippen LogP contribution in [0.1, 0.15) is 15.9 Å². The van der Waals surface area contributed by atoms with E-state index in [9.17, 15) is 18.0 Å². The van der Waals surface area contributed by atoms with E-state index >= 15 is 0 Å². The molecule has 8 heteroatoms. The van der Waals surface area contributed by atoms with Gasteiger partial charge < -0.3 is 10.7 Å². The quantitative estimate of drug-likeness (QED) is 0.601. The zero-order valence-electron chi connectivity index (χ0n) is 10.6. The molecule has 0 atom stereocenters. The van der Waals surface area contributed by atoms with Crippen LogP contribution in [0.4, 0.5) is 24.7 Å². The molecule has 1 heterocycles. The number of carbonyl (C=O) groups excluding carboxylic acids is 1. The molecular weight excluding hydrogens is 285 g/mol. The summed E-state index contributed by atoms with van der Waals surface area (Å²) in [6.45, 7) is 0. The van der Waals surface area contributed by atoms with Gasteiger partial charge in [-0.15, -0.1) is 0 Å². The Bertz CT molecular complexity index is 658. The molecule has 4 N–H and O–H groups in total. The molecule has 0 saturated heterocycles. The number of benzene rings is 1. The minimum absolute atomic E-state index is 0.0293. The SMILES string of the molecule is NNc1ncccc1C(=O)Nc1cccc(C(F)(F)F)c1. The highest BCUT2D eigenvalue weighted by Gasteiger charge is 2.30. The number of pyridine rings is 1. The Labute approximate surface area is 118 Å². The Morgan fingerprint density at radius 1 is 1.19 bits per heavy atom. The van der Waals surface area contributed by atoms with Crippen LogP contribution in [-0.4, -0.2) is 10.9 Å². The summed E-state index contributed by atoms with van der Waals surface area (Å²) in [5.41, 5.74) is 1.55. The monoisotopic (exact) mass is 296 g/mol. The van der Waals surface area contributed by atoms with Crippen molar-refractivity contribution in [2.75, 3.05) is 10.7 Å². The summed E-state index contributed by atoms with van der Waals surface area (Å²) in [6.07, 6.45) is -3.05. The maximum absolute atomic E-state index is 12.6. The molecule has 0 fully saturated rings. The molecule has 1 aromatic carbocycles. The van der Waals surface area contributed by atoms with E-state index in [0.717, 1.165) is 12.1 Å². The van der Waals surface area contributed by atoms with Crippen LogP contribution >= 0.6 is 0 Å². The fourth-order valence-electron chi connectivity index (χ4n) is 1.68. The lowest BCUT2D eigenvalue weighted by atomic mass is 10.2. The summed E-state index contributed by atoms with van der Waals surface area (Å²) >= 11 is 0. The van der Waals surface area contributed by atoms with E-state index < -0.39 is 17.6 Å². The first-order valence-corrected chi connectivity index (χ1v) is 5.82. The summed E-state index contributed by atoms with van der Waals surface area (Å²) in [5.74, 6) is 4.73. The summed E-state index contributed by atoms with van der Waals surface area (Å²) in [7, 11) is 0. The number of nitrogens with zero attached hydrogens (tertiary/aromatic N) is 1. The number of hydrogen-bond donors (Lipinski definition) is 3. The van der Waals surface area contributed by atoms with Gasteiger partial charge in [0.2, 0.25) is 0 Å². The van der Waals surface area contributed by atoms with Gasteiger partial charge in [-0.3, -0.25) is 4.79 Å². The zero-order chi connectivity index (χ0) is 15.5. The average molecular weight is 296 g/mol. The summed E-state index contributed by atoms with van der Waals surface area (Å²) in [6, 6.07) is 7.31. The molecule has 0 bridgehead atoms. The second kappa shape index (κ2) is 5.80. The lowest BCUT2D eigenvalue weighted by Gasteiger charge is -2.11. The van der Waals surface area contributed by atoms with Crippen LogP contribution in [0.5, 0.6) is 0 Å². The highest BCUT2D eigenvalue weighted by atomic mass is 19.4. The smallest absolute Gasteiger partial charge is 0.322 e. The topological polar surface area (TPSA) is 80.0 Å². The van der Waals surface area contributed by atoms with Crippen molar-refractivity contribution >= 4 is 17.4 Å². The highest BCUT2D eigenvalue weighted by molar-refractivity contribution is 6.07. The van der Waals surface area contributed by atoms with Crippen LogP contribution in [0.2, 0.25) is 0 Å². The summed E-state index contributed by atoms with van der Waals surface area (Å²) < 4.78 is 37.8. The van der Waals surface area contributed by atoms with Gasteiger partial charge in [0, 0.05) is 11.9 Å². The number of amides is 1. The molecule has 5 nitrogen and oxygen atoms in total. The van der Waals surface area contributed by atoms with E-state index in [0.29, 0.717) is 0 Å². The predicted molar refractivity (Wildman–Crippen MR) is 71.4 cm³/mol. The molecule has 110 valence electrons. The van der Waals surface area contributed by atoms with Gasteiger partial charge in [0.25, 0.3) is 5.91 Å². The molecule has 0 aliphatic heterocycles. The van der Waals surface area contributed by atoms with Gasteiger partial charge in [-0.1, -0.05) is 6.07 Å². The minimum atomic E-state index is -4.47. The van der Waals surface area contributed by atoms with Crippen molar-refractivity contribution in [1.29, 1.82) is 0 Å². The molecule has 21 heavy (non-hydrogen) atoms. The molecule has 2 aromatic rings. The lowest BCUT2D eigenvalue weighted by molar-refractivity contribution is -0.137. The molecule has 0 unspecified atom stereocenters. The first kappa shape index (κ1) is 14.8. The van der Waals surface area contributed by atoms with Crippen molar-refractivity contribution in [2.24, 2.45) is 5.84 Å². The van der Waals surface area contributed by atoms with Crippen LogP contribution in [0, 0.1) is 0 Å². The molecular formula is C13H11F3N4O.